The van der Waals surface area contributed by atoms with Gasteiger partial charge in [0.05, 0.1) is 6.61 Å². The van der Waals surface area contributed by atoms with Crippen LogP contribution in [-0.4, -0.2) is 45.8 Å². The Morgan fingerprint density at radius 1 is 1.17 bits per heavy atom. The summed E-state index contributed by atoms with van der Waals surface area (Å²) in [4.78, 5) is 2.09. The van der Waals surface area contributed by atoms with Crippen LogP contribution in [0.25, 0.3) is 0 Å². The summed E-state index contributed by atoms with van der Waals surface area (Å²) in [7, 11) is 5.99. The molecule has 18 heavy (non-hydrogen) atoms. The van der Waals surface area contributed by atoms with Crippen molar-refractivity contribution in [2.75, 3.05) is 40.9 Å². The maximum Gasteiger partial charge on any atom is 0.161 e. The maximum atomic E-state index is 5.75. The average Bonchev–Trinajstić information content (AvgIpc) is 2.32. The molecule has 0 aliphatic carbocycles. The van der Waals surface area contributed by atoms with Gasteiger partial charge in [-0.05, 0) is 45.8 Å². The van der Waals surface area contributed by atoms with E-state index in [1.54, 1.807) is 0 Å². The molecule has 0 atom stereocenters. The van der Waals surface area contributed by atoms with E-state index >= 15 is 0 Å². The molecule has 0 aliphatic heterocycles. The first-order valence-electron chi connectivity index (χ1n) is 6.35. The molecule has 1 aromatic rings. The molecule has 0 bridgehead atoms. The number of likely N-dealkylation sites (N-methyl/N-ethyl adjacent to an activating group) is 1. The van der Waals surface area contributed by atoms with Crippen molar-refractivity contribution >= 4 is 0 Å². The molecule has 0 heterocycles. The first-order chi connectivity index (χ1) is 8.67. The van der Waals surface area contributed by atoms with Crippen LogP contribution < -0.4 is 14.8 Å². The zero-order valence-corrected chi connectivity index (χ0v) is 11.8. The van der Waals surface area contributed by atoms with Crippen LogP contribution in [0, 0.1) is 0 Å². The molecule has 102 valence electrons. The number of benzene rings is 1. The third-order valence-corrected chi connectivity index (χ3v) is 2.48. The van der Waals surface area contributed by atoms with Gasteiger partial charge in [0.1, 0.15) is 6.61 Å². The standard InChI is InChI=1S/C14H24N2O2/c1-5-17-14-10-12(11-15-2)6-7-13(14)18-9-8-16(3)4/h6-7,10,15H,5,8-9,11H2,1-4H3. The Labute approximate surface area is 110 Å². The molecular weight excluding hydrogens is 228 g/mol. The molecule has 1 aromatic carbocycles. The van der Waals surface area contributed by atoms with Crippen molar-refractivity contribution in [3.63, 3.8) is 0 Å². The number of ether oxygens (including phenoxy) is 2. The number of nitrogens with zero attached hydrogens (tertiary/aromatic N) is 1. The molecule has 0 saturated carbocycles. The summed E-state index contributed by atoms with van der Waals surface area (Å²) in [6.45, 7) is 5.02. The lowest BCUT2D eigenvalue weighted by molar-refractivity contribution is 0.244. The van der Waals surface area contributed by atoms with E-state index in [9.17, 15) is 0 Å². The second kappa shape index (κ2) is 7.95. The van der Waals surface area contributed by atoms with Gasteiger partial charge in [-0.2, -0.15) is 0 Å². The van der Waals surface area contributed by atoms with Crippen LogP contribution in [0.5, 0.6) is 11.5 Å². The van der Waals surface area contributed by atoms with Gasteiger partial charge in [-0.3, -0.25) is 0 Å². The zero-order valence-electron chi connectivity index (χ0n) is 11.8. The van der Waals surface area contributed by atoms with Gasteiger partial charge in [0.2, 0.25) is 0 Å². The minimum atomic E-state index is 0.646. The third-order valence-electron chi connectivity index (χ3n) is 2.48. The van der Waals surface area contributed by atoms with Gasteiger partial charge in [0.15, 0.2) is 11.5 Å². The fourth-order valence-electron chi connectivity index (χ4n) is 1.59. The summed E-state index contributed by atoms with van der Waals surface area (Å²) in [5, 5.41) is 3.13. The highest BCUT2D eigenvalue weighted by Gasteiger charge is 2.06. The highest BCUT2D eigenvalue weighted by molar-refractivity contribution is 5.43. The Hall–Kier alpha value is -1.26. The van der Waals surface area contributed by atoms with Crippen molar-refractivity contribution in [2.24, 2.45) is 0 Å². The highest BCUT2D eigenvalue weighted by Crippen LogP contribution is 2.28. The molecule has 0 aromatic heterocycles. The fraction of sp³-hybridized carbons (Fsp3) is 0.571. The number of hydrogen-bond donors (Lipinski definition) is 1. The van der Waals surface area contributed by atoms with E-state index < -0.39 is 0 Å². The van der Waals surface area contributed by atoms with Crippen LogP contribution in [0.4, 0.5) is 0 Å². The van der Waals surface area contributed by atoms with Crippen molar-refractivity contribution in [3.05, 3.63) is 23.8 Å². The van der Waals surface area contributed by atoms with E-state index in [2.05, 4.69) is 16.3 Å². The van der Waals surface area contributed by atoms with Crippen molar-refractivity contribution in [1.29, 1.82) is 0 Å². The van der Waals surface area contributed by atoms with Crippen molar-refractivity contribution in [3.8, 4) is 11.5 Å². The largest absolute Gasteiger partial charge is 0.490 e. The summed E-state index contributed by atoms with van der Waals surface area (Å²) < 4.78 is 11.4. The van der Waals surface area contributed by atoms with Gasteiger partial charge in [-0.1, -0.05) is 6.07 Å². The van der Waals surface area contributed by atoms with Crippen molar-refractivity contribution in [2.45, 2.75) is 13.5 Å². The Morgan fingerprint density at radius 3 is 2.56 bits per heavy atom. The molecule has 0 unspecified atom stereocenters. The van der Waals surface area contributed by atoms with Gasteiger partial charge in [-0.25, -0.2) is 0 Å². The molecule has 1 N–H and O–H groups in total. The average molecular weight is 252 g/mol. The predicted octanol–water partition coefficient (Wildman–Crippen LogP) is 1.75. The van der Waals surface area contributed by atoms with Gasteiger partial charge in [-0.15, -0.1) is 0 Å². The van der Waals surface area contributed by atoms with Crippen LogP contribution in [0.15, 0.2) is 18.2 Å². The minimum absolute atomic E-state index is 0.646. The summed E-state index contributed by atoms with van der Waals surface area (Å²) >= 11 is 0. The maximum absolute atomic E-state index is 5.75. The van der Waals surface area contributed by atoms with Gasteiger partial charge >= 0.3 is 0 Å². The summed E-state index contributed by atoms with van der Waals surface area (Å²) in [6.07, 6.45) is 0. The highest BCUT2D eigenvalue weighted by atomic mass is 16.5. The predicted molar refractivity (Wildman–Crippen MR) is 74.4 cm³/mol. The lowest BCUT2D eigenvalue weighted by Crippen LogP contribution is -2.19. The number of rotatable bonds is 8. The van der Waals surface area contributed by atoms with Crippen LogP contribution in [0.2, 0.25) is 0 Å². The normalized spacial score (nSPS) is 10.7. The van der Waals surface area contributed by atoms with Gasteiger partial charge in [0.25, 0.3) is 0 Å². The molecule has 0 saturated heterocycles. The van der Waals surface area contributed by atoms with E-state index in [1.165, 1.54) is 5.56 Å². The van der Waals surface area contributed by atoms with Crippen LogP contribution in [-0.2, 0) is 6.54 Å². The van der Waals surface area contributed by atoms with Gasteiger partial charge in [0, 0.05) is 13.1 Å². The first kappa shape index (κ1) is 14.8. The molecule has 4 heteroatoms. The number of nitrogens with one attached hydrogen (secondary N) is 1. The molecule has 0 amide bonds. The van der Waals surface area contributed by atoms with Crippen LogP contribution >= 0.6 is 0 Å². The van der Waals surface area contributed by atoms with Crippen molar-refractivity contribution < 1.29 is 9.47 Å². The summed E-state index contributed by atoms with van der Waals surface area (Å²) in [5.74, 6) is 1.64. The minimum Gasteiger partial charge on any atom is -0.490 e. The Balaban J connectivity index is 2.69. The second-order valence-electron chi connectivity index (χ2n) is 4.40. The zero-order chi connectivity index (χ0) is 13.4. The Morgan fingerprint density at radius 2 is 1.94 bits per heavy atom. The smallest absolute Gasteiger partial charge is 0.161 e. The third kappa shape index (κ3) is 4.94. The number of hydrogen-bond acceptors (Lipinski definition) is 4. The Kier molecular flexibility index (Phi) is 6.54. The molecular formula is C14H24N2O2. The fourth-order valence-corrected chi connectivity index (χ4v) is 1.59. The lowest BCUT2D eigenvalue weighted by atomic mass is 10.2. The van der Waals surface area contributed by atoms with E-state index in [4.69, 9.17) is 9.47 Å². The van der Waals surface area contributed by atoms with E-state index in [-0.39, 0.29) is 0 Å². The first-order valence-corrected chi connectivity index (χ1v) is 6.35. The molecule has 4 nitrogen and oxygen atoms in total. The molecule has 0 spiro atoms. The molecule has 0 fully saturated rings. The molecule has 1 rings (SSSR count). The Bertz CT molecular complexity index is 354. The SMILES string of the molecule is CCOc1cc(CNC)ccc1OCCN(C)C. The van der Waals surface area contributed by atoms with E-state index in [0.717, 1.165) is 24.6 Å². The van der Waals surface area contributed by atoms with Crippen molar-refractivity contribution in [1.82, 2.24) is 10.2 Å². The monoisotopic (exact) mass is 252 g/mol. The van der Waals surface area contributed by atoms with Gasteiger partial charge < -0.3 is 19.7 Å². The van der Waals surface area contributed by atoms with E-state index in [1.807, 2.05) is 40.2 Å². The summed E-state index contributed by atoms with van der Waals surface area (Å²) in [5.41, 5.74) is 1.20. The van der Waals surface area contributed by atoms with Crippen LogP contribution in [0.3, 0.4) is 0 Å². The second-order valence-corrected chi connectivity index (χ2v) is 4.40. The van der Waals surface area contributed by atoms with E-state index in [0.29, 0.717) is 13.2 Å². The summed E-state index contributed by atoms with van der Waals surface area (Å²) in [6, 6.07) is 6.07. The lowest BCUT2D eigenvalue weighted by Gasteiger charge is -2.15. The molecule has 0 aliphatic rings. The molecule has 0 radical (unpaired) electrons. The quantitative estimate of drug-likeness (QED) is 0.764. The van der Waals surface area contributed by atoms with Crippen LogP contribution in [0.1, 0.15) is 12.5 Å². The topological polar surface area (TPSA) is 33.7 Å².